The van der Waals surface area contributed by atoms with E-state index in [1.165, 1.54) is 32.6 Å². The molecule has 0 atom stereocenters. The van der Waals surface area contributed by atoms with Gasteiger partial charge < -0.3 is 4.43 Å². The fourth-order valence-electron chi connectivity index (χ4n) is 3.60. The molecule has 0 fully saturated rings. The summed E-state index contributed by atoms with van der Waals surface area (Å²) < 4.78 is 6.64. The molecule has 0 saturated heterocycles. The molecule has 2 heteroatoms. The molecular weight excluding hydrogens is 356 g/mol. The van der Waals surface area contributed by atoms with Gasteiger partial charge in [-0.1, -0.05) is 109 Å². The molecular formula is C26H24OSi. The molecule has 0 aliphatic heterocycles. The highest BCUT2D eigenvalue weighted by atomic mass is 28.3. The largest absolute Gasteiger partial charge is 0.407 e. The van der Waals surface area contributed by atoms with Crippen LogP contribution in [0.1, 0.15) is 11.1 Å². The van der Waals surface area contributed by atoms with E-state index in [1.54, 1.807) is 0 Å². The highest BCUT2D eigenvalue weighted by Gasteiger charge is 2.18. The molecule has 0 N–H and O–H groups in total. The first-order valence-electron chi connectivity index (χ1n) is 9.68. The van der Waals surface area contributed by atoms with Crippen molar-refractivity contribution >= 4 is 19.4 Å². The first-order valence-corrected chi connectivity index (χ1v) is 11.3. The van der Waals surface area contributed by atoms with Gasteiger partial charge in [-0.25, -0.2) is 0 Å². The minimum absolute atomic E-state index is 0.616. The maximum Gasteiger partial charge on any atom is 0.240 e. The summed E-state index contributed by atoms with van der Waals surface area (Å²) in [5, 5.41) is 2.61. The van der Waals surface area contributed by atoms with E-state index in [0.29, 0.717) is 6.61 Å². The molecule has 0 bridgehead atoms. The molecule has 28 heavy (non-hydrogen) atoms. The summed E-state index contributed by atoms with van der Waals surface area (Å²) in [6.07, 6.45) is 0. The van der Waals surface area contributed by atoms with E-state index in [4.69, 9.17) is 4.43 Å². The highest BCUT2D eigenvalue weighted by Crippen LogP contribution is 2.27. The van der Waals surface area contributed by atoms with Crippen molar-refractivity contribution in [3.05, 3.63) is 120 Å². The molecule has 0 amide bonds. The first kappa shape index (κ1) is 18.4. The molecule has 4 aromatic carbocycles. The van der Waals surface area contributed by atoms with Crippen molar-refractivity contribution in [2.24, 2.45) is 0 Å². The Morgan fingerprint density at radius 2 is 1.07 bits per heavy atom. The van der Waals surface area contributed by atoms with E-state index in [2.05, 4.69) is 116 Å². The van der Waals surface area contributed by atoms with E-state index >= 15 is 0 Å². The monoisotopic (exact) mass is 380 g/mol. The molecule has 0 unspecified atom stereocenters. The third-order valence-electron chi connectivity index (χ3n) is 5.06. The molecule has 0 radical (unpaired) electrons. The summed E-state index contributed by atoms with van der Waals surface area (Å²) in [7, 11) is -1.75. The smallest absolute Gasteiger partial charge is 0.240 e. The van der Waals surface area contributed by atoms with Crippen LogP contribution in [0.15, 0.2) is 109 Å². The topological polar surface area (TPSA) is 9.23 Å². The fraction of sp³-hybridized carbons (Fsp3) is 0.0769. The lowest BCUT2D eigenvalue weighted by molar-refractivity contribution is 0.322. The Bertz CT molecular complexity index is 989. The second-order valence-electron chi connectivity index (χ2n) is 6.98. The van der Waals surface area contributed by atoms with Crippen LogP contribution >= 0.6 is 0 Å². The lowest BCUT2D eigenvalue weighted by Crippen LogP contribution is -2.44. The van der Waals surface area contributed by atoms with Gasteiger partial charge in [-0.05, 0) is 39.6 Å². The summed E-state index contributed by atoms with van der Waals surface area (Å²) >= 11 is 0. The second-order valence-corrected chi connectivity index (χ2v) is 9.41. The zero-order valence-electron chi connectivity index (χ0n) is 16.1. The Hall–Kier alpha value is -2.94. The van der Waals surface area contributed by atoms with Crippen LogP contribution in [0, 0.1) is 6.92 Å². The third-order valence-corrected chi connectivity index (χ3v) is 7.54. The Morgan fingerprint density at radius 3 is 1.68 bits per heavy atom. The average Bonchev–Trinajstić information content (AvgIpc) is 2.76. The van der Waals surface area contributed by atoms with E-state index in [-0.39, 0.29) is 0 Å². The minimum Gasteiger partial charge on any atom is -0.407 e. The quantitative estimate of drug-likeness (QED) is 0.440. The number of hydrogen-bond acceptors (Lipinski definition) is 1. The van der Waals surface area contributed by atoms with E-state index in [0.717, 1.165) is 0 Å². The van der Waals surface area contributed by atoms with E-state index in [1.807, 2.05) is 0 Å². The fourth-order valence-corrected chi connectivity index (χ4v) is 5.86. The van der Waals surface area contributed by atoms with Gasteiger partial charge in [-0.15, -0.1) is 0 Å². The predicted octanol–water partition coefficient (Wildman–Crippen LogP) is 4.72. The summed E-state index contributed by atoms with van der Waals surface area (Å²) in [4.78, 5) is 0. The summed E-state index contributed by atoms with van der Waals surface area (Å²) in [6, 6.07) is 38.4. The van der Waals surface area contributed by atoms with Gasteiger partial charge >= 0.3 is 0 Å². The van der Waals surface area contributed by atoms with Gasteiger partial charge in [0.15, 0.2) is 0 Å². The third kappa shape index (κ3) is 4.14. The van der Waals surface area contributed by atoms with Crippen LogP contribution in [0.25, 0.3) is 11.1 Å². The zero-order valence-corrected chi connectivity index (χ0v) is 17.2. The van der Waals surface area contributed by atoms with Gasteiger partial charge in [0.2, 0.25) is 9.04 Å². The Kier molecular flexibility index (Phi) is 5.81. The molecule has 138 valence electrons. The van der Waals surface area contributed by atoms with Crippen molar-refractivity contribution < 1.29 is 4.43 Å². The normalized spacial score (nSPS) is 10.9. The van der Waals surface area contributed by atoms with Gasteiger partial charge in [0.25, 0.3) is 0 Å². The molecule has 0 saturated carbocycles. The van der Waals surface area contributed by atoms with E-state index < -0.39 is 9.04 Å². The Labute approximate surface area is 169 Å². The minimum atomic E-state index is -1.75. The van der Waals surface area contributed by atoms with Crippen molar-refractivity contribution in [3.63, 3.8) is 0 Å². The average molecular weight is 381 g/mol. The number of rotatable bonds is 6. The Morgan fingerprint density at radius 1 is 0.571 bits per heavy atom. The number of hydrogen-bond donors (Lipinski definition) is 0. The van der Waals surface area contributed by atoms with Crippen LogP contribution in [0.2, 0.25) is 0 Å². The molecule has 4 rings (SSSR count). The predicted molar refractivity (Wildman–Crippen MR) is 121 cm³/mol. The van der Waals surface area contributed by atoms with Crippen LogP contribution in [0.5, 0.6) is 0 Å². The van der Waals surface area contributed by atoms with Crippen molar-refractivity contribution in [2.45, 2.75) is 13.5 Å². The maximum absolute atomic E-state index is 6.64. The molecule has 1 nitrogen and oxygen atoms in total. The lowest BCUT2D eigenvalue weighted by Gasteiger charge is -2.19. The van der Waals surface area contributed by atoms with Gasteiger partial charge in [0.1, 0.15) is 0 Å². The summed E-state index contributed by atoms with van der Waals surface area (Å²) in [6.45, 7) is 2.78. The highest BCUT2D eigenvalue weighted by molar-refractivity contribution is 6.80. The van der Waals surface area contributed by atoms with Gasteiger partial charge in [0.05, 0.1) is 6.61 Å². The summed E-state index contributed by atoms with van der Waals surface area (Å²) in [5.41, 5.74) is 5.06. The van der Waals surface area contributed by atoms with Gasteiger partial charge in [-0.2, -0.15) is 0 Å². The van der Waals surface area contributed by atoms with Crippen LogP contribution in [-0.4, -0.2) is 9.04 Å². The molecule has 0 heterocycles. The molecule has 0 spiro atoms. The number of aryl methyl sites for hydroxylation is 1. The van der Waals surface area contributed by atoms with Crippen LogP contribution in [-0.2, 0) is 11.0 Å². The SMILES string of the molecule is Cc1ccccc1-c1ccccc1CO[SiH](c1ccccc1)c1ccccc1. The van der Waals surface area contributed by atoms with Crippen molar-refractivity contribution in [3.8, 4) is 11.1 Å². The van der Waals surface area contributed by atoms with E-state index in [9.17, 15) is 0 Å². The first-order chi connectivity index (χ1) is 13.8. The lowest BCUT2D eigenvalue weighted by atomic mass is 9.96. The summed E-state index contributed by atoms with van der Waals surface area (Å²) in [5.74, 6) is 0. The molecule has 4 aromatic rings. The molecule has 0 aliphatic rings. The van der Waals surface area contributed by atoms with Gasteiger partial charge in [-0.3, -0.25) is 0 Å². The second kappa shape index (κ2) is 8.83. The Balaban J connectivity index is 1.65. The standard InChI is InChI=1S/C26H24OSi/c1-21-12-8-10-18-25(21)26-19-11-9-13-22(26)20-27-28(23-14-4-2-5-15-23)24-16-6-3-7-17-24/h2-19,28H,20H2,1H3. The maximum atomic E-state index is 6.64. The van der Waals surface area contributed by atoms with Gasteiger partial charge in [0, 0.05) is 0 Å². The number of benzene rings is 4. The van der Waals surface area contributed by atoms with Crippen LogP contribution in [0.4, 0.5) is 0 Å². The molecule has 0 aromatic heterocycles. The zero-order chi connectivity index (χ0) is 19.2. The van der Waals surface area contributed by atoms with Crippen molar-refractivity contribution in [2.75, 3.05) is 0 Å². The van der Waals surface area contributed by atoms with Crippen molar-refractivity contribution in [1.29, 1.82) is 0 Å². The van der Waals surface area contributed by atoms with Crippen molar-refractivity contribution in [1.82, 2.24) is 0 Å². The van der Waals surface area contributed by atoms with Crippen LogP contribution in [0.3, 0.4) is 0 Å². The molecule has 0 aliphatic carbocycles. The van der Waals surface area contributed by atoms with Crippen LogP contribution < -0.4 is 10.4 Å².